The van der Waals surface area contributed by atoms with Crippen molar-refractivity contribution in [3.8, 4) is 0 Å². The maximum Gasteiger partial charge on any atom is 0.236 e. The van der Waals surface area contributed by atoms with Crippen LogP contribution in [0.3, 0.4) is 0 Å². The summed E-state index contributed by atoms with van der Waals surface area (Å²) in [5, 5.41) is 9.61. The van der Waals surface area contributed by atoms with Gasteiger partial charge in [0.25, 0.3) is 0 Å². The number of likely N-dealkylation sites (tertiary alicyclic amines) is 1. The minimum Gasteiger partial charge on any atom is -0.392 e. The molecule has 4 rings (SSSR count). The highest BCUT2D eigenvalue weighted by atomic mass is 32.2. The maximum absolute atomic E-state index is 11.7. The smallest absolute Gasteiger partial charge is 0.236 e. The molecule has 7 nitrogen and oxygen atoms in total. The lowest BCUT2D eigenvalue weighted by atomic mass is 10.1. The molecule has 2 aliphatic heterocycles. The number of nitrogens with zero attached hydrogens (tertiary/aromatic N) is 3. The number of likely N-dealkylation sites (N-methyl/N-ethyl adjacent to an activating group) is 1. The zero-order valence-corrected chi connectivity index (χ0v) is 18.4. The predicted molar refractivity (Wildman–Crippen MR) is 118 cm³/mol. The predicted octanol–water partition coefficient (Wildman–Crippen LogP) is 2.37. The van der Waals surface area contributed by atoms with Gasteiger partial charge in [-0.1, -0.05) is 42.5 Å². The van der Waals surface area contributed by atoms with Gasteiger partial charge in [-0.25, -0.2) is 12.7 Å². The van der Waals surface area contributed by atoms with E-state index in [0.29, 0.717) is 6.54 Å². The fraction of sp³-hybridized carbons (Fsp3) is 0.409. The van der Waals surface area contributed by atoms with Gasteiger partial charge in [0.2, 0.25) is 15.9 Å². The van der Waals surface area contributed by atoms with Crippen LogP contribution in [-0.4, -0.2) is 68.3 Å². The summed E-state index contributed by atoms with van der Waals surface area (Å²) in [4.78, 5) is 15.7. The largest absolute Gasteiger partial charge is 0.392 e. The van der Waals surface area contributed by atoms with E-state index in [1.165, 1.54) is 10.6 Å². The normalized spacial score (nSPS) is 18.8. The molecule has 0 radical (unpaired) electrons. The fourth-order valence-corrected chi connectivity index (χ4v) is 4.68. The number of hydrogen-bond acceptors (Lipinski definition) is 5. The molecule has 2 aliphatic rings. The first-order valence-corrected chi connectivity index (χ1v) is 11.8. The summed E-state index contributed by atoms with van der Waals surface area (Å²) in [5.74, 6) is 0.0635. The number of β-amino-alcohol motifs (C(OH)–C–C–N with tert-alkyl or cyclic N) is 1. The Balaban J connectivity index is 0.000000196. The summed E-state index contributed by atoms with van der Waals surface area (Å²) >= 11 is 0. The molecule has 1 saturated heterocycles. The van der Waals surface area contributed by atoms with Crippen LogP contribution >= 0.6 is 0 Å². The van der Waals surface area contributed by atoms with Gasteiger partial charge in [0, 0.05) is 33.6 Å². The maximum atomic E-state index is 11.7. The van der Waals surface area contributed by atoms with Crippen LogP contribution in [0.5, 0.6) is 0 Å². The van der Waals surface area contributed by atoms with Crippen molar-refractivity contribution < 1.29 is 18.3 Å². The SMILES string of the molecule is CC(=O)N(C)C(CN1CCC(O)C1)c1ccccc1.CS(=O)(=O)N1c2ccccc21. The van der Waals surface area contributed by atoms with Gasteiger partial charge in [-0.15, -0.1) is 0 Å². The first-order valence-electron chi connectivity index (χ1n) is 9.96. The Morgan fingerprint density at radius 1 is 1.13 bits per heavy atom. The lowest BCUT2D eigenvalue weighted by Crippen LogP contribution is -2.38. The zero-order valence-electron chi connectivity index (χ0n) is 17.6. The number of rotatable bonds is 5. The Kier molecular flexibility index (Phi) is 6.80. The van der Waals surface area contributed by atoms with Crippen molar-refractivity contribution in [3.05, 3.63) is 60.2 Å². The lowest BCUT2D eigenvalue weighted by molar-refractivity contribution is -0.130. The molecule has 1 N–H and O–H groups in total. The van der Waals surface area contributed by atoms with Crippen molar-refractivity contribution in [1.82, 2.24) is 9.80 Å². The van der Waals surface area contributed by atoms with Gasteiger partial charge >= 0.3 is 0 Å². The van der Waals surface area contributed by atoms with Gasteiger partial charge in [-0.2, -0.15) is 0 Å². The Labute approximate surface area is 178 Å². The Hall–Kier alpha value is -2.42. The molecular formula is C22H29N3O4S. The van der Waals surface area contributed by atoms with Crippen molar-refractivity contribution in [2.75, 3.05) is 37.2 Å². The second kappa shape index (κ2) is 9.16. The molecule has 0 saturated carbocycles. The van der Waals surface area contributed by atoms with E-state index >= 15 is 0 Å². The highest BCUT2D eigenvalue weighted by molar-refractivity contribution is 7.93. The Bertz CT molecular complexity index is 958. The molecule has 2 heterocycles. The van der Waals surface area contributed by atoms with Crippen molar-refractivity contribution >= 4 is 27.3 Å². The van der Waals surface area contributed by atoms with Gasteiger partial charge in [0.15, 0.2) is 0 Å². The summed E-state index contributed by atoms with van der Waals surface area (Å²) in [6.07, 6.45) is 1.80. The highest BCUT2D eigenvalue weighted by Crippen LogP contribution is 2.49. The van der Waals surface area contributed by atoms with Crippen LogP contribution in [0.4, 0.5) is 11.4 Å². The number of para-hydroxylation sites is 2. The molecule has 0 aromatic heterocycles. The van der Waals surface area contributed by atoms with Crippen LogP contribution in [0.1, 0.15) is 24.9 Å². The molecule has 0 spiro atoms. The number of carbonyl (C=O) groups excluding carboxylic acids is 1. The molecule has 2 aromatic carbocycles. The molecule has 2 aromatic rings. The minimum atomic E-state index is -3.06. The molecular weight excluding hydrogens is 402 g/mol. The van der Waals surface area contributed by atoms with Crippen molar-refractivity contribution in [2.24, 2.45) is 0 Å². The lowest BCUT2D eigenvalue weighted by Gasteiger charge is -2.31. The molecule has 2 atom stereocenters. The van der Waals surface area contributed by atoms with Crippen LogP contribution in [0, 0.1) is 0 Å². The number of aliphatic hydroxyl groups is 1. The minimum absolute atomic E-state index is 0.0454. The number of sulfonamides is 1. The van der Waals surface area contributed by atoms with Gasteiger partial charge in [-0.05, 0) is 24.1 Å². The average Bonchev–Trinajstić information content (AvgIpc) is 3.33. The molecule has 1 amide bonds. The number of aliphatic hydroxyl groups excluding tert-OH is 1. The summed E-state index contributed by atoms with van der Waals surface area (Å²) in [5.41, 5.74) is 2.74. The number of carbonyl (C=O) groups is 1. The number of benzene rings is 2. The second-order valence-corrected chi connectivity index (χ2v) is 9.61. The fourth-order valence-electron chi connectivity index (χ4n) is 3.70. The summed E-state index contributed by atoms with van der Waals surface area (Å²) in [6, 6.07) is 17.3. The van der Waals surface area contributed by atoms with E-state index in [-0.39, 0.29) is 18.1 Å². The van der Waals surface area contributed by atoms with Crippen molar-refractivity contribution in [2.45, 2.75) is 25.5 Å². The Morgan fingerprint density at radius 2 is 1.70 bits per heavy atom. The quantitative estimate of drug-likeness (QED) is 0.735. The summed E-state index contributed by atoms with van der Waals surface area (Å²) in [6.45, 7) is 3.97. The van der Waals surface area contributed by atoms with Crippen LogP contribution in [0.2, 0.25) is 0 Å². The standard InChI is InChI=1S/C15H22N2O2.C7H7NO2S/c1-12(18)16(2)15(13-6-4-3-5-7-13)11-17-9-8-14(19)10-17;1-11(9,10)8-6-4-2-3-5-7(6)8/h3-7,14-15,19H,8-11H2,1-2H3;2-5H,1H3. The zero-order chi connectivity index (χ0) is 21.9. The molecule has 1 fully saturated rings. The molecule has 162 valence electrons. The molecule has 2 unspecified atom stereocenters. The van der Waals surface area contributed by atoms with Crippen LogP contribution in [-0.2, 0) is 14.8 Å². The van der Waals surface area contributed by atoms with Gasteiger partial charge in [-0.3, -0.25) is 9.69 Å². The van der Waals surface area contributed by atoms with Crippen molar-refractivity contribution in [3.63, 3.8) is 0 Å². The second-order valence-electron chi connectivity index (χ2n) is 7.77. The topological polar surface area (TPSA) is 80.9 Å². The first-order chi connectivity index (χ1) is 14.2. The third-order valence-corrected chi connectivity index (χ3v) is 6.48. The number of anilines is 2. The van der Waals surface area contributed by atoms with E-state index in [1.807, 2.05) is 37.4 Å². The van der Waals surface area contributed by atoms with Crippen LogP contribution < -0.4 is 4.31 Å². The summed E-state index contributed by atoms with van der Waals surface area (Å²) < 4.78 is 23.3. The molecule has 0 aliphatic carbocycles. The van der Waals surface area contributed by atoms with Gasteiger partial charge in [0.1, 0.15) is 0 Å². The summed E-state index contributed by atoms with van der Waals surface area (Å²) in [7, 11) is -1.22. The van der Waals surface area contributed by atoms with Crippen LogP contribution in [0.15, 0.2) is 54.6 Å². The van der Waals surface area contributed by atoms with E-state index < -0.39 is 10.0 Å². The molecule has 8 heteroatoms. The van der Waals surface area contributed by atoms with Gasteiger partial charge in [0.05, 0.1) is 29.8 Å². The highest BCUT2D eigenvalue weighted by Gasteiger charge is 2.35. The average molecular weight is 432 g/mol. The number of fused-ring (bicyclic) bond motifs is 1. The van der Waals surface area contributed by atoms with Crippen LogP contribution in [0.25, 0.3) is 0 Å². The van der Waals surface area contributed by atoms with E-state index in [9.17, 15) is 18.3 Å². The number of hydrogen-bond donors (Lipinski definition) is 1. The van der Waals surface area contributed by atoms with E-state index in [0.717, 1.165) is 36.4 Å². The third kappa shape index (κ3) is 5.38. The third-order valence-electron chi connectivity index (χ3n) is 5.43. The van der Waals surface area contributed by atoms with E-state index in [4.69, 9.17) is 0 Å². The molecule has 30 heavy (non-hydrogen) atoms. The Morgan fingerprint density at radius 3 is 2.17 bits per heavy atom. The monoisotopic (exact) mass is 431 g/mol. The number of amides is 1. The van der Waals surface area contributed by atoms with Gasteiger partial charge < -0.3 is 10.0 Å². The van der Waals surface area contributed by atoms with Crippen molar-refractivity contribution in [1.29, 1.82) is 0 Å². The first kappa shape index (κ1) is 22.3. The van der Waals surface area contributed by atoms with E-state index in [1.54, 1.807) is 24.0 Å². The van der Waals surface area contributed by atoms with E-state index in [2.05, 4.69) is 17.0 Å². The molecule has 0 bridgehead atoms.